The lowest BCUT2D eigenvalue weighted by atomic mass is 10.1. The van der Waals surface area contributed by atoms with Gasteiger partial charge in [-0.3, -0.25) is 0 Å². The summed E-state index contributed by atoms with van der Waals surface area (Å²) < 4.78 is 1.95. The van der Waals surface area contributed by atoms with Gasteiger partial charge in [0, 0.05) is 18.0 Å². The Labute approximate surface area is 121 Å². The molecule has 0 aliphatic carbocycles. The molecule has 0 amide bonds. The number of imidazole rings is 1. The third-order valence-corrected chi connectivity index (χ3v) is 3.68. The molecular formula is C17H11ClN2. The summed E-state index contributed by atoms with van der Waals surface area (Å²) in [5.41, 5.74) is 2.97. The van der Waals surface area contributed by atoms with E-state index in [1.54, 1.807) is 0 Å². The quantitative estimate of drug-likeness (QED) is 0.488. The minimum absolute atomic E-state index is 0.708. The van der Waals surface area contributed by atoms with E-state index in [9.17, 15) is 0 Å². The van der Waals surface area contributed by atoms with Gasteiger partial charge in [0.25, 0.3) is 0 Å². The van der Waals surface area contributed by atoms with E-state index in [0.717, 1.165) is 16.9 Å². The van der Waals surface area contributed by atoms with Crippen molar-refractivity contribution in [3.05, 3.63) is 72.0 Å². The monoisotopic (exact) mass is 278 g/mol. The minimum atomic E-state index is 0.708. The van der Waals surface area contributed by atoms with Gasteiger partial charge in [0.05, 0.1) is 10.7 Å². The Hall–Kier alpha value is -2.32. The van der Waals surface area contributed by atoms with Crippen LogP contribution >= 0.6 is 11.6 Å². The van der Waals surface area contributed by atoms with Gasteiger partial charge >= 0.3 is 0 Å². The summed E-state index contributed by atoms with van der Waals surface area (Å²) in [5, 5.41) is 3.17. The molecule has 2 aromatic heterocycles. The fourth-order valence-corrected chi connectivity index (χ4v) is 2.62. The Balaban J connectivity index is 1.91. The molecule has 0 unspecified atom stereocenters. The highest BCUT2D eigenvalue weighted by Gasteiger charge is 2.05. The molecule has 2 heterocycles. The van der Waals surface area contributed by atoms with Gasteiger partial charge in [0.2, 0.25) is 0 Å². The predicted molar refractivity (Wildman–Crippen MR) is 83.1 cm³/mol. The largest absolute Gasteiger partial charge is 0.305 e. The number of nitrogens with zero attached hydrogens (tertiary/aromatic N) is 2. The van der Waals surface area contributed by atoms with Crippen molar-refractivity contribution in [2.24, 2.45) is 0 Å². The number of hydrogen-bond donors (Lipinski definition) is 0. The van der Waals surface area contributed by atoms with Crippen LogP contribution in [0.15, 0.2) is 67.0 Å². The first-order valence-corrected chi connectivity index (χ1v) is 6.81. The number of rotatable bonds is 1. The molecule has 0 N–H and O–H groups in total. The van der Waals surface area contributed by atoms with Gasteiger partial charge in [-0.15, -0.1) is 0 Å². The third-order valence-electron chi connectivity index (χ3n) is 3.46. The molecule has 0 saturated heterocycles. The van der Waals surface area contributed by atoms with Crippen molar-refractivity contribution in [3.63, 3.8) is 0 Å². The molecule has 4 rings (SSSR count). The number of pyridine rings is 1. The number of hydrogen-bond acceptors (Lipinski definition) is 1. The van der Waals surface area contributed by atoms with Crippen molar-refractivity contribution in [2.75, 3.05) is 0 Å². The summed E-state index contributed by atoms with van der Waals surface area (Å²) in [6.45, 7) is 0. The van der Waals surface area contributed by atoms with Crippen LogP contribution in [-0.2, 0) is 0 Å². The van der Waals surface area contributed by atoms with Crippen molar-refractivity contribution >= 4 is 28.0 Å². The maximum atomic E-state index is 6.00. The molecule has 2 aromatic carbocycles. The summed E-state index contributed by atoms with van der Waals surface area (Å²) in [6.07, 6.45) is 3.87. The normalized spacial score (nSPS) is 11.2. The summed E-state index contributed by atoms with van der Waals surface area (Å²) in [7, 11) is 0. The van der Waals surface area contributed by atoms with E-state index >= 15 is 0 Å². The molecule has 3 heteroatoms. The maximum Gasteiger partial charge on any atom is 0.137 e. The highest BCUT2D eigenvalue weighted by Crippen LogP contribution is 2.24. The fraction of sp³-hybridized carbons (Fsp3) is 0. The van der Waals surface area contributed by atoms with Gasteiger partial charge in [-0.2, -0.15) is 0 Å². The standard InChI is InChI=1S/C17H11ClN2/c18-15-7-8-17-19-16(11-20(17)10-15)14-6-5-12-3-1-2-4-13(12)9-14/h1-11H. The zero-order valence-electron chi connectivity index (χ0n) is 10.6. The van der Waals surface area contributed by atoms with E-state index < -0.39 is 0 Å². The Morgan fingerprint density at radius 1 is 0.850 bits per heavy atom. The minimum Gasteiger partial charge on any atom is -0.305 e. The van der Waals surface area contributed by atoms with Gasteiger partial charge in [0.15, 0.2) is 0 Å². The van der Waals surface area contributed by atoms with Crippen molar-refractivity contribution < 1.29 is 0 Å². The lowest BCUT2D eigenvalue weighted by Crippen LogP contribution is -1.79. The lowest BCUT2D eigenvalue weighted by molar-refractivity contribution is 1.19. The zero-order chi connectivity index (χ0) is 13.5. The molecule has 4 aromatic rings. The van der Waals surface area contributed by atoms with Gasteiger partial charge in [-0.05, 0) is 29.0 Å². The number of aromatic nitrogens is 2. The van der Waals surface area contributed by atoms with Gasteiger partial charge in [-0.1, -0.05) is 48.0 Å². The highest BCUT2D eigenvalue weighted by molar-refractivity contribution is 6.30. The lowest BCUT2D eigenvalue weighted by Gasteiger charge is -2.00. The van der Waals surface area contributed by atoms with Crippen molar-refractivity contribution in [2.45, 2.75) is 0 Å². The molecule has 0 spiro atoms. The number of fused-ring (bicyclic) bond motifs is 2. The average molecular weight is 279 g/mol. The first-order valence-electron chi connectivity index (χ1n) is 6.43. The summed E-state index contributed by atoms with van der Waals surface area (Å²) in [6, 6.07) is 18.5. The van der Waals surface area contributed by atoms with Crippen molar-refractivity contribution in [1.82, 2.24) is 9.38 Å². The van der Waals surface area contributed by atoms with Crippen LogP contribution in [0.1, 0.15) is 0 Å². The zero-order valence-corrected chi connectivity index (χ0v) is 11.4. The van der Waals surface area contributed by atoms with E-state index in [0.29, 0.717) is 5.02 Å². The van der Waals surface area contributed by atoms with Gasteiger partial charge in [-0.25, -0.2) is 4.98 Å². The van der Waals surface area contributed by atoms with Crippen LogP contribution in [0.5, 0.6) is 0 Å². The molecule has 96 valence electrons. The molecule has 0 bridgehead atoms. The number of benzene rings is 2. The number of halogens is 1. The second-order valence-electron chi connectivity index (χ2n) is 4.80. The van der Waals surface area contributed by atoms with Crippen LogP contribution in [0.4, 0.5) is 0 Å². The van der Waals surface area contributed by atoms with Crippen molar-refractivity contribution in [3.8, 4) is 11.3 Å². The first kappa shape index (κ1) is 11.5. The first-order chi connectivity index (χ1) is 9.79. The van der Waals surface area contributed by atoms with Crippen LogP contribution in [0.3, 0.4) is 0 Å². The summed E-state index contributed by atoms with van der Waals surface area (Å²) >= 11 is 6.00. The molecule has 0 atom stereocenters. The molecule has 0 fully saturated rings. The van der Waals surface area contributed by atoms with E-state index in [1.165, 1.54) is 10.8 Å². The smallest absolute Gasteiger partial charge is 0.137 e. The highest BCUT2D eigenvalue weighted by atomic mass is 35.5. The molecule has 0 saturated carbocycles. The second kappa shape index (κ2) is 4.36. The summed E-state index contributed by atoms with van der Waals surface area (Å²) in [4.78, 5) is 4.64. The Kier molecular flexibility index (Phi) is 2.51. The van der Waals surface area contributed by atoms with Crippen molar-refractivity contribution in [1.29, 1.82) is 0 Å². The third kappa shape index (κ3) is 1.86. The van der Waals surface area contributed by atoms with Crippen LogP contribution < -0.4 is 0 Å². The molecular weight excluding hydrogens is 268 g/mol. The Bertz CT molecular complexity index is 924. The topological polar surface area (TPSA) is 17.3 Å². The second-order valence-corrected chi connectivity index (χ2v) is 5.24. The van der Waals surface area contributed by atoms with Crippen LogP contribution in [0, 0.1) is 0 Å². The Morgan fingerprint density at radius 3 is 2.60 bits per heavy atom. The Morgan fingerprint density at radius 2 is 1.70 bits per heavy atom. The van der Waals surface area contributed by atoms with E-state index in [-0.39, 0.29) is 0 Å². The summed E-state index contributed by atoms with van der Waals surface area (Å²) in [5.74, 6) is 0. The van der Waals surface area contributed by atoms with Gasteiger partial charge < -0.3 is 4.40 Å². The van der Waals surface area contributed by atoms with Crippen LogP contribution in [0.25, 0.3) is 27.7 Å². The van der Waals surface area contributed by atoms with Crippen LogP contribution in [0.2, 0.25) is 5.02 Å². The maximum absolute atomic E-state index is 6.00. The predicted octanol–water partition coefficient (Wildman–Crippen LogP) is 4.81. The molecule has 0 radical (unpaired) electrons. The van der Waals surface area contributed by atoms with Crippen LogP contribution in [-0.4, -0.2) is 9.38 Å². The van der Waals surface area contributed by atoms with E-state index in [4.69, 9.17) is 11.6 Å². The molecule has 2 nitrogen and oxygen atoms in total. The SMILES string of the molecule is Clc1ccc2nc(-c3ccc4ccccc4c3)cn2c1. The molecule has 0 aliphatic rings. The molecule has 20 heavy (non-hydrogen) atoms. The van der Waals surface area contributed by atoms with E-state index in [1.807, 2.05) is 28.9 Å². The van der Waals surface area contributed by atoms with E-state index in [2.05, 4.69) is 47.4 Å². The average Bonchev–Trinajstić information content (AvgIpc) is 2.89. The fourth-order valence-electron chi connectivity index (χ4n) is 2.45. The molecule has 0 aliphatic heterocycles. The van der Waals surface area contributed by atoms with Gasteiger partial charge in [0.1, 0.15) is 5.65 Å².